The SMILES string of the molecule is O=Nc1c(O)c(=O)[nH]c2ccc(Cl)c(C(F)(F)F)c12. The second-order valence-corrected chi connectivity index (χ2v) is 3.99. The van der Waals surface area contributed by atoms with Crippen LogP contribution >= 0.6 is 11.6 Å². The molecule has 0 spiro atoms. The fourth-order valence-corrected chi connectivity index (χ4v) is 1.97. The van der Waals surface area contributed by atoms with E-state index in [1.807, 2.05) is 4.98 Å². The molecule has 0 unspecified atom stereocenters. The fraction of sp³-hybridized carbons (Fsp3) is 0.100. The van der Waals surface area contributed by atoms with Crippen LogP contribution in [-0.4, -0.2) is 10.1 Å². The maximum absolute atomic E-state index is 12.9. The third-order valence-corrected chi connectivity index (χ3v) is 2.77. The van der Waals surface area contributed by atoms with Crippen molar-refractivity contribution in [2.24, 2.45) is 5.18 Å². The van der Waals surface area contributed by atoms with E-state index in [0.29, 0.717) is 0 Å². The Morgan fingerprint density at radius 2 is 1.95 bits per heavy atom. The largest absolute Gasteiger partial charge is 0.501 e. The zero-order chi connectivity index (χ0) is 14.4. The molecule has 0 aliphatic heterocycles. The van der Waals surface area contributed by atoms with Gasteiger partial charge in [0.05, 0.1) is 16.1 Å². The summed E-state index contributed by atoms with van der Waals surface area (Å²) < 4.78 is 38.8. The van der Waals surface area contributed by atoms with Crippen LogP contribution in [0, 0.1) is 4.91 Å². The molecule has 5 nitrogen and oxygen atoms in total. The molecule has 19 heavy (non-hydrogen) atoms. The first kappa shape index (κ1) is 13.3. The summed E-state index contributed by atoms with van der Waals surface area (Å²) in [6.45, 7) is 0. The summed E-state index contributed by atoms with van der Waals surface area (Å²) in [7, 11) is 0. The number of nitrogens with one attached hydrogen (secondary N) is 1. The second-order valence-electron chi connectivity index (χ2n) is 3.59. The predicted molar refractivity (Wildman–Crippen MR) is 61.7 cm³/mol. The lowest BCUT2D eigenvalue weighted by Crippen LogP contribution is -2.11. The molecule has 0 fully saturated rings. The number of halogens is 4. The van der Waals surface area contributed by atoms with E-state index >= 15 is 0 Å². The van der Waals surface area contributed by atoms with E-state index in [1.165, 1.54) is 0 Å². The number of nitrogens with zero attached hydrogens (tertiary/aromatic N) is 1. The quantitative estimate of drug-likeness (QED) is 0.791. The van der Waals surface area contributed by atoms with E-state index < -0.39 is 39.1 Å². The highest BCUT2D eigenvalue weighted by atomic mass is 35.5. The second kappa shape index (κ2) is 4.23. The number of aromatic nitrogens is 1. The summed E-state index contributed by atoms with van der Waals surface area (Å²) in [5.41, 5.74) is -3.74. The van der Waals surface area contributed by atoms with E-state index in [0.717, 1.165) is 12.1 Å². The van der Waals surface area contributed by atoms with Crippen molar-refractivity contribution in [3.8, 4) is 5.75 Å². The third-order valence-electron chi connectivity index (χ3n) is 2.45. The molecule has 1 heterocycles. The van der Waals surface area contributed by atoms with Crippen LogP contribution < -0.4 is 5.56 Å². The molecule has 0 saturated heterocycles. The van der Waals surface area contributed by atoms with Gasteiger partial charge in [0.2, 0.25) is 5.75 Å². The number of benzene rings is 1. The molecule has 0 amide bonds. The number of nitroso groups, excluding NO2 is 1. The summed E-state index contributed by atoms with van der Waals surface area (Å²) in [5.74, 6) is -1.18. The Hall–Kier alpha value is -2.09. The smallest absolute Gasteiger partial charge is 0.418 e. The Balaban J connectivity index is 3.12. The van der Waals surface area contributed by atoms with Crippen molar-refractivity contribution >= 4 is 28.2 Å². The van der Waals surface area contributed by atoms with Gasteiger partial charge < -0.3 is 10.1 Å². The Kier molecular flexibility index (Phi) is 2.97. The van der Waals surface area contributed by atoms with Crippen LogP contribution in [0.5, 0.6) is 5.75 Å². The highest BCUT2D eigenvalue weighted by Crippen LogP contribution is 2.44. The van der Waals surface area contributed by atoms with Crippen molar-refractivity contribution in [2.75, 3.05) is 0 Å². The highest BCUT2D eigenvalue weighted by molar-refractivity contribution is 6.32. The summed E-state index contributed by atoms with van der Waals surface area (Å²) in [6.07, 6.45) is -4.87. The molecule has 0 saturated carbocycles. The highest BCUT2D eigenvalue weighted by Gasteiger charge is 2.37. The average molecular weight is 293 g/mol. The van der Waals surface area contributed by atoms with Gasteiger partial charge in [-0.3, -0.25) is 4.79 Å². The van der Waals surface area contributed by atoms with Gasteiger partial charge in [0.25, 0.3) is 5.56 Å². The van der Waals surface area contributed by atoms with Crippen molar-refractivity contribution in [1.29, 1.82) is 0 Å². The van der Waals surface area contributed by atoms with Gasteiger partial charge in [0, 0.05) is 5.39 Å². The first-order chi connectivity index (χ1) is 8.77. The van der Waals surface area contributed by atoms with Crippen LogP contribution in [0.15, 0.2) is 22.1 Å². The molecule has 1 aromatic carbocycles. The van der Waals surface area contributed by atoms with Crippen LogP contribution in [0.3, 0.4) is 0 Å². The van der Waals surface area contributed by atoms with Crippen molar-refractivity contribution in [3.63, 3.8) is 0 Å². The first-order valence-electron chi connectivity index (χ1n) is 4.75. The lowest BCUT2D eigenvalue weighted by Gasteiger charge is -2.13. The van der Waals surface area contributed by atoms with Crippen molar-refractivity contribution < 1.29 is 18.3 Å². The van der Waals surface area contributed by atoms with E-state index in [9.17, 15) is 28.0 Å². The normalized spacial score (nSPS) is 11.8. The molecule has 0 aliphatic rings. The van der Waals surface area contributed by atoms with Gasteiger partial charge in [0.1, 0.15) is 0 Å². The number of hydrogen-bond donors (Lipinski definition) is 2. The zero-order valence-electron chi connectivity index (χ0n) is 8.88. The summed E-state index contributed by atoms with van der Waals surface area (Å²) in [5, 5.41) is 10.2. The van der Waals surface area contributed by atoms with Gasteiger partial charge in [-0.15, -0.1) is 4.91 Å². The number of alkyl halides is 3. The maximum atomic E-state index is 12.9. The van der Waals surface area contributed by atoms with E-state index in [2.05, 4.69) is 5.18 Å². The van der Waals surface area contributed by atoms with E-state index in [4.69, 9.17) is 11.6 Å². The number of rotatable bonds is 1. The molecule has 0 aliphatic carbocycles. The van der Waals surface area contributed by atoms with Crippen LogP contribution in [0.2, 0.25) is 5.02 Å². The Bertz CT molecular complexity index is 739. The molecule has 0 bridgehead atoms. The number of H-pyrrole nitrogens is 1. The van der Waals surface area contributed by atoms with Crippen molar-refractivity contribution in [3.05, 3.63) is 38.0 Å². The lowest BCUT2D eigenvalue weighted by molar-refractivity contribution is -0.136. The zero-order valence-corrected chi connectivity index (χ0v) is 9.63. The topological polar surface area (TPSA) is 82.5 Å². The monoisotopic (exact) mass is 292 g/mol. The molecule has 2 N–H and O–H groups in total. The van der Waals surface area contributed by atoms with Crippen LogP contribution in [0.1, 0.15) is 5.56 Å². The minimum absolute atomic E-state index is 0.297. The molecule has 100 valence electrons. The molecular weight excluding hydrogens is 289 g/mol. The number of fused-ring (bicyclic) bond motifs is 1. The molecule has 1 aromatic heterocycles. The fourth-order valence-electron chi connectivity index (χ4n) is 1.70. The summed E-state index contributed by atoms with van der Waals surface area (Å²) in [6, 6.07) is 2.01. The Morgan fingerprint density at radius 1 is 1.32 bits per heavy atom. The summed E-state index contributed by atoms with van der Waals surface area (Å²) >= 11 is 5.47. The van der Waals surface area contributed by atoms with Crippen molar-refractivity contribution in [2.45, 2.75) is 6.18 Å². The maximum Gasteiger partial charge on any atom is 0.418 e. The first-order valence-corrected chi connectivity index (χ1v) is 5.13. The molecule has 0 radical (unpaired) electrons. The number of pyridine rings is 1. The lowest BCUT2D eigenvalue weighted by atomic mass is 10.1. The standard InChI is InChI=1S/C10H4ClF3N2O3/c11-3-1-2-4-5(6(3)10(12,13)14)7(16-19)8(17)9(18)15-4/h1-2,17H,(H,15,18). The third kappa shape index (κ3) is 2.03. The van der Waals surface area contributed by atoms with Crippen molar-refractivity contribution in [1.82, 2.24) is 4.98 Å². The van der Waals surface area contributed by atoms with E-state index in [-0.39, 0.29) is 5.52 Å². The number of hydrogen-bond acceptors (Lipinski definition) is 4. The molecule has 9 heteroatoms. The van der Waals surface area contributed by atoms with Gasteiger partial charge in [-0.1, -0.05) is 11.6 Å². The predicted octanol–water partition coefficient (Wildman–Crippen LogP) is 3.30. The Labute approximate surface area is 107 Å². The van der Waals surface area contributed by atoms with Crippen LogP contribution in [0.4, 0.5) is 18.9 Å². The Morgan fingerprint density at radius 3 is 2.47 bits per heavy atom. The molecule has 2 rings (SSSR count). The molecule has 2 aromatic rings. The molecule has 0 atom stereocenters. The van der Waals surface area contributed by atoms with Crippen LogP contribution in [-0.2, 0) is 6.18 Å². The minimum atomic E-state index is -4.87. The summed E-state index contributed by atoms with van der Waals surface area (Å²) in [4.78, 5) is 23.9. The van der Waals surface area contributed by atoms with Gasteiger partial charge in [0.15, 0.2) is 5.69 Å². The minimum Gasteiger partial charge on any atom is -0.501 e. The molecular formula is C10H4ClF3N2O3. The van der Waals surface area contributed by atoms with Gasteiger partial charge in [-0.25, -0.2) is 0 Å². The average Bonchev–Trinajstić information content (AvgIpc) is 2.30. The van der Waals surface area contributed by atoms with Gasteiger partial charge in [-0.2, -0.15) is 13.2 Å². The van der Waals surface area contributed by atoms with Crippen LogP contribution in [0.25, 0.3) is 10.9 Å². The van der Waals surface area contributed by atoms with Gasteiger partial charge in [-0.05, 0) is 17.3 Å². The number of aromatic amines is 1. The van der Waals surface area contributed by atoms with Gasteiger partial charge >= 0.3 is 6.18 Å². The van der Waals surface area contributed by atoms with E-state index in [1.54, 1.807) is 0 Å². The number of aromatic hydroxyl groups is 1.